The molecule has 0 radical (unpaired) electrons. The van der Waals surface area contributed by atoms with Crippen LogP contribution in [0.15, 0.2) is 41.8 Å². The standard InChI is InChI=1S/C20H23N3O2S/c24-19(17-11-13-5-1-2-8-16(13)23-17)21-14-6-3-7-15(12-14)22-20(25)18-9-4-10-26-18/h3-4,6-7,9-10,12-13,16-17,23H,1-2,5,8,11H2,(H,21,24)(H,22,25). The summed E-state index contributed by atoms with van der Waals surface area (Å²) in [5.41, 5.74) is 1.38. The lowest BCUT2D eigenvalue weighted by Gasteiger charge is -2.24. The zero-order valence-corrected chi connectivity index (χ0v) is 15.4. The Morgan fingerprint density at radius 3 is 2.62 bits per heavy atom. The van der Waals surface area contributed by atoms with Crippen LogP contribution in [0.3, 0.4) is 0 Å². The van der Waals surface area contributed by atoms with Crippen LogP contribution in [0.1, 0.15) is 41.8 Å². The van der Waals surface area contributed by atoms with Gasteiger partial charge in [-0.05, 0) is 54.8 Å². The molecule has 2 heterocycles. The summed E-state index contributed by atoms with van der Waals surface area (Å²) in [6, 6.07) is 11.3. The lowest BCUT2D eigenvalue weighted by Crippen LogP contribution is -2.39. The minimum Gasteiger partial charge on any atom is -0.325 e. The Morgan fingerprint density at radius 2 is 1.85 bits per heavy atom. The molecule has 0 spiro atoms. The largest absolute Gasteiger partial charge is 0.325 e. The second kappa shape index (κ2) is 7.60. The van der Waals surface area contributed by atoms with Crippen molar-refractivity contribution in [3.05, 3.63) is 46.7 Å². The van der Waals surface area contributed by atoms with Crippen LogP contribution in [-0.2, 0) is 4.79 Å². The topological polar surface area (TPSA) is 70.2 Å². The lowest BCUT2D eigenvalue weighted by atomic mass is 9.85. The highest BCUT2D eigenvalue weighted by molar-refractivity contribution is 7.12. The van der Waals surface area contributed by atoms with Crippen molar-refractivity contribution < 1.29 is 9.59 Å². The molecule has 2 amide bonds. The predicted molar refractivity (Wildman–Crippen MR) is 105 cm³/mol. The summed E-state index contributed by atoms with van der Waals surface area (Å²) in [4.78, 5) is 25.4. The number of hydrogen-bond donors (Lipinski definition) is 3. The molecular weight excluding hydrogens is 346 g/mol. The van der Waals surface area contributed by atoms with Gasteiger partial charge in [0.2, 0.25) is 5.91 Å². The van der Waals surface area contributed by atoms with Crippen LogP contribution in [0.4, 0.5) is 11.4 Å². The van der Waals surface area contributed by atoms with Crippen LogP contribution in [0.5, 0.6) is 0 Å². The Hall–Kier alpha value is -2.18. The number of carbonyl (C=O) groups excluding carboxylic acids is 2. The summed E-state index contributed by atoms with van der Waals surface area (Å²) in [5.74, 6) is 0.516. The lowest BCUT2D eigenvalue weighted by molar-refractivity contribution is -0.117. The van der Waals surface area contributed by atoms with Crippen LogP contribution in [0.2, 0.25) is 0 Å². The van der Waals surface area contributed by atoms with E-state index in [1.165, 1.54) is 37.0 Å². The van der Waals surface area contributed by atoms with Crippen molar-refractivity contribution in [1.29, 1.82) is 0 Å². The first-order valence-corrected chi connectivity index (χ1v) is 10.1. The van der Waals surface area contributed by atoms with E-state index >= 15 is 0 Å². The average Bonchev–Trinajstić information content (AvgIpc) is 3.31. The van der Waals surface area contributed by atoms with E-state index < -0.39 is 0 Å². The molecule has 1 aliphatic carbocycles. The summed E-state index contributed by atoms with van der Waals surface area (Å²) in [7, 11) is 0. The molecule has 2 aromatic rings. The third-order valence-electron chi connectivity index (χ3n) is 5.31. The zero-order chi connectivity index (χ0) is 17.9. The van der Waals surface area contributed by atoms with E-state index in [9.17, 15) is 9.59 Å². The molecule has 136 valence electrons. The van der Waals surface area contributed by atoms with E-state index in [4.69, 9.17) is 0 Å². The fourth-order valence-corrected chi connectivity index (χ4v) is 4.64. The van der Waals surface area contributed by atoms with Crippen LogP contribution in [0, 0.1) is 5.92 Å². The van der Waals surface area contributed by atoms with Crippen molar-refractivity contribution in [2.45, 2.75) is 44.2 Å². The second-order valence-corrected chi connectivity index (χ2v) is 8.06. The molecule has 1 aromatic carbocycles. The Morgan fingerprint density at radius 1 is 1.04 bits per heavy atom. The molecule has 3 unspecified atom stereocenters. The smallest absolute Gasteiger partial charge is 0.265 e. The van der Waals surface area contributed by atoms with Gasteiger partial charge in [0.15, 0.2) is 0 Å². The molecular formula is C20H23N3O2S. The number of fused-ring (bicyclic) bond motifs is 1. The van der Waals surface area contributed by atoms with Gasteiger partial charge in [0, 0.05) is 17.4 Å². The summed E-state index contributed by atoms with van der Waals surface area (Å²) >= 11 is 1.40. The molecule has 1 saturated carbocycles. The number of nitrogens with one attached hydrogen (secondary N) is 3. The first kappa shape index (κ1) is 17.2. The number of carbonyl (C=O) groups is 2. The Balaban J connectivity index is 1.37. The van der Waals surface area contributed by atoms with Crippen LogP contribution in [0.25, 0.3) is 0 Å². The maximum atomic E-state index is 12.6. The minimum atomic E-state index is -0.134. The molecule has 0 bridgehead atoms. The molecule has 5 nitrogen and oxygen atoms in total. The van der Waals surface area contributed by atoms with E-state index in [1.807, 2.05) is 29.6 Å². The van der Waals surface area contributed by atoms with Gasteiger partial charge in [0.05, 0.1) is 10.9 Å². The van der Waals surface area contributed by atoms with E-state index in [1.54, 1.807) is 12.1 Å². The number of anilines is 2. The molecule has 4 rings (SSSR count). The fraction of sp³-hybridized carbons (Fsp3) is 0.400. The average molecular weight is 369 g/mol. The maximum absolute atomic E-state index is 12.6. The minimum absolute atomic E-state index is 0.0149. The highest BCUT2D eigenvalue weighted by Crippen LogP contribution is 2.33. The first-order valence-electron chi connectivity index (χ1n) is 9.21. The number of thiophene rings is 1. The number of benzene rings is 1. The molecule has 2 aliphatic rings. The zero-order valence-electron chi connectivity index (χ0n) is 14.5. The number of amides is 2. The molecule has 1 aliphatic heterocycles. The van der Waals surface area contributed by atoms with Crippen LogP contribution < -0.4 is 16.0 Å². The Kier molecular flexibility index (Phi) is 5.04. The highest BCUT2D eigenvalue weighted by atomic mass is 32.1. The molecule has 26 heavy (non-hydrogen) atoms. The van der Waals surface area contributed by atoms with Crippen molar-refractivity contribution in [3.8, 4) is 0 Å². The quantitative estimate of drug-likeness (QED) is 0.766. The summed E-state index contributed by atoms with van der Waals surface area (Å²) in [5, 5.41) is 11.2. The number of hydrogen-bond acceptors (Lipinski definition) is 4. The first-order chi connectivity index (χ1) is 12.7. The molecule has 1 saturated heterocycles. The van der Waals surface area contributed by atoms with Crippen molar-refractivity contribution in [3.63, 3.8) is 0 Å². The van der Waals surface area contributed by atoms with Gasteiger partial charge >= 0.3 is 0 Å². The predicted octanol–water partition coefficient (Wildman–Crippen LogP) is 3.86. The van der Waals surface area contributed by atoms with E-state index in [-0.39, 0.29) is 17.9 Å². The van der Waals surface area contributed by atoms with Crippen molar-refractivity contribution in [1.82, 2.24) is 5.32 Å². The summed E-state index contributed by atoms with van der Waals surface area (Å²) in [6.45, 7) is 0. The summed E-state index contributed by atoms with van der Waals surface area (Å²) in [6.07, 6.45) is 5.87. The Bertz CT molecular complexity index is 776. The van der Waals surface area contributed by atoms with Gasteiger partial charge in [-0.15, -0.1) is 11.3 Å². The second-order valence-electron chi connectivity index (χ2n) is 7.11. The molecule has 3 atom stereocenters. The number of rotatable bonds is 4. The fourth-order valence-electron chi connectivity index (χ4n) is 4.03. The molecule has 3 N–H and O–H groups in total. The highest BCUT2D eigenvalue weighted by Gasteiger charge is 2.38. The van der Waals surface area contributed by atoms with Gasteiger partial charge in [-0.1, -0.05) is 25.0 Å². The van der Waals surface area contributed by atoms with Crippen molar-refractivity contribution in [2.24, 2.45) is 5.92 Å². The van der Waals surface area contributed by atoms with E-state index in [0.29, 0.717) is 28.2 Å². The van der Waals surface area contributed by atoms with E-state index in [2.05, 4.69) is 16.0 Å². The third-order valence-corrected chi connectivity index (χ3v) is 6.18. The third kappa shape index (κ3) is 3.81. The molecule has 1 aromatic heterocycles. The summed E-state index contributed by atoms with van der Waals surface area (Å²) < 4.78 is 0. The van der Waals surface area contributed by atoms with Gasteiger partial charge in [-0.2, -0.15) is 0 Å². The normalized spacial score (nSPS) is 24.7. The monoisotopic (exact) mass is 369 g/mol. The maximum Gasteiger partial charge on any atom is 0.265 e. The molecule has 6 heteroatoms. The van der Waals surface area contributed by atoms with Gasteiger partial charge in [0.25, 0.3) is 5.91 Å². The van der Waals surface area contributed by atoms with Gasteiger partial charge in [-0.3, -0.25) is 9.59 Å². The van der Waals surface area contributed by atoms with E-state index in [0.717, 1.165) is 6.42 Å². The van der Waals surface area contributed by atoms with Gasteiger partial charge in [0.1, 0.15) is 0 Å². The van der Waals surface area contributed by atoms with Crippen molar-refractivity contribution >= 4 is 34.5 Å². The van der Waals surface area contributed by atoms with Crippen molar-refractivity contribution in [2.75, 3.05) is 10.6 Å². The van der Waals surface area contributed by atoms with Gasteiger partial charge in [-0.25, -0.2) is 0 Å². The van der Waals surface area contributed by atoms with Gasteiger partial charge < -0.3 is 16.0 Å². The Labute approximate surface area is 157 Å². The van der Waals surface area contributed by atoms with Crippen LogP contribution >= 0.6 is 11.3 Å². The molecule has 2 fully saturated rings. The SMILES string of the molecule is O=C(Nc1cccc(NC(=O)C2CC3CCCCC3N2)c1)c1cccs1. The van der Waals surface area contributed by atoms with Crippen LogP contribution in [-0.4, -0.2) is 23.9 Å².